The third-order valence-electron chi connectivity index (χ3n) is 5.62. The first-order valence-electron chi connectivity index (χ1n) is 13.0. The van der Waals surface area contributed by atoms with Crippen LogP contribution in [0.25, 0.3) is 0 Å². The fraction of sp³-hybridized carbons (Fsp3) is 0.333. The van der Waals surface area contributed by atoms with Crippen molar-refractivity contribution in [3.8, 4) is 0 Å². The fourth-order valence-electron chi connectivity index (χ4n) is 3.67. The van der Waals surface area contributed by atoms with Crippen LogP contribution in [0.15, 0.2) is 66.9 Å². The molecule has 40 heavy (non-hydrogen) atoms. The minimum atomic E-state index is -0.656. The maximum atomic E-state index is 13.1. The Morgan fingerprint density at radius 1 is 0.875 bits per heavy atom. The molecular formula is C30H38N6O4. The van der Waals surface area contributed by atoms with Gasteiger partial charge in [-0.25, -0.2) is 9.59 Å². The van der Waals surface area contributed by atoms with E-state index in [1.807, 2.05) is 50.2 Å². The Kier molecular flexibility index (Phi) is 10.2. The molecule has 3 aromatic rings. The predicted octanol–water partition coefficient (Wildman–Crippen LogP) is 5.59. The van der Waals surface area contributed by atoms with Crippen molar-refractivity contribution in [1.82, 2.24) is 14.8 Å². The number of rotatable bonds is 9. The number of nitrogens with one attached hydrogen (secondary N) is 3. The number of likely N-dealkylation sites (N-methyl/N-ethyl adjacent to an activating group) is 1. The first-order chi connectivity index (χ1) is 18.9. The van der Waals surface area contributed by atoms with Gasteiger partial charge in [0.15, 0.2) is 0 Å². The molecule has 1 heterocycles. The minimum Gasteiger partial charge on any atom is -0.444 e. The van der Waals surface area contributed by atoms with Gasteiger partial charge in [0.1, 0.15) is 11.3 Å². The molecule has 3 rings (SSSR count). The van der Waals surface area contributed by atoms with Crippen LogP contribution in [0.4, 0.5) is 26.7 Å². The SMILES string of the molecule is Cc1cccc(NC(=O)N(CCN(C)C)Cc2ccc(C(=O)Nc3ccccc3NC(=O)OC(C)(C)C)nc2)c1. The summed E-state index contributed by atoms with van der Waals surface area (Å²) in [5, 5.41) is 8.41. The molecule has 0 aliphatic rings. The molecule has 4 amide bonds. The Morgan fingerprint density at radius 2 is 1.57 bits per heavy atom. The van der Waals surface area contributed by atoms with Crippen LogP contribution < -0.4 is 16.0 Å². The highest BCUT2D eigenvalue weighted by Crippen LogP contribution is 2.23. The van der Waals surface area contributed by atoms with Gasteiger partial charge in [-0.05, 0) is 83.2 Å². The van der Waals surface area contributed by atoms with E-state index < -0.39 is 17.6 Å². The molecular weight excluding hydrogens is 508 g/mol. The van der Waals surface area contributed by atoms with Gasteiger partial charge in [0.25, 0.3) is 5.91 Å². The van der Waals surface area contributed by atoms with Gasteiger partial charge < -0.3 is 25.2 Å². The predicted molar refractivity (Wildman–Crippen MR) is 158 cm³/mol. The average Bonchev–Trinajstić information content (AvgIpc) is 2.86. The lowest BCUT2D eigenvalue weighted by Crippen LogP contribution is -2.39. The second-order valence-electron chi connectivity index (χ2n) is 10.7. The van der Waals surface area contributed by atoms with Gasteiger partial charge in [0, 0.05) is 31.5 Å². The highest BCUT2D eigenvalue weighted by atomic mass is 16.6. The Morgan fingerprint density at radius 3 is 2.17 bits per heavy atom. The summed E-state index contributed by atoms with van der Waals surface area (Å²) in [4.78, 5) is 46.3. The van der Waals surface area contributed by atoms with Crippen molar-refractivity contribution >= 4 is 35.1 Å². The molecule has 0 aliphatic carbocycles. The van der Waals surface area contributed by atoms with Crippen LogP contribution in [-0.4, -0.2) is 65.6 Å². The van der Waals surface area contributed by atoms with Crippen molar-refractivity contribution in [2.75, 3.05) is 43.1 Å². The largest absolute Gasteiger partial charge is 0.444 e. The van der Waals surface area contributed by atoms with E-state index in [4.69, 9.17) is 4.74 Å². The summed E-state index contributed by atoms with van der Waals surface area (Å²) < 4.78 is 5.31. The van der Waals surface area contributed by atoms with Crippen LogP contribution >= 0.6 is 0 Å². The summed E-state index contributed by atoms with van der Waals surface area (Å²) in [6, 6.07) is 17.6. The topological polar surface area (TPSA) is 116 Å². The van der Waals surface area contributed by atoms with Crippen LogP contribution in [0.2, 0.25) is 0 Å². The number of pyridine rings is 1. The summed E-state index contributed by atoms with van der Waals surface area (Å²) in [5.41, 5.74) is 2.91. The monoisotopic (exact) mass is 546 g/mol. The average molecular weight is 547 g/mol. The highest BCUT2D eigenvalue weighted by Gasteiger charge is 2.19. The van der Waals surface area contributed by atoms with Crippen LogP contribution in [0.1, 0.15) is 42.4 Å². The maximum Gasteiger partial charge on any atom is 0.412 e. The smallest absolute Gasteiger partial charge is 0.412 e. The zero-order valence-corrected chi connectivity index (χ0v) is 23.9. The van der Waals surface area contributed by atoms with Gasteiger partial charge in [-0.3, -0.25) is 15.1 Å². The molecule has 212 valence electrons. The second-order valence-corrected chi connectivity index (χ2v) is 10.7. The van der Waals surface area contributed by atoms with E-state index in [2.05, 4.69) is 20.9 Å². The Labute approximate surface area is 235 Å². The molecule has 10 nitrogen and oxygen atoms in total. The molecule has 0 aliphatic heterocycles. The lowest BCUT2D eigenvalue weighted by molar-refractivity contribution is 0.0635. The molecule has 0 radical (unpaired) electrons. The van der Waals surface area contributed by atoms with Crippen molar-refractivity contribution in [3.63, 3.8) is 0 Å². The number of hydrogen-bond donors (Lipinski definition) is 3. The number of nitrogens with zero attached hydrogens (tertiary/aromatic N) is 3. The summed E-state index contributed by atoms with van der Waals surface area (Å²) in [5.74, 6) is -0.438. The van der Waals surface area contributed by atoms with Crippen molar-refractivity contribution in [2.24, 2.45) is 0 Å². The number of aryl methyl sites for hydroxylation is 1. The number of carbonyl (C=O) groups excluding carboxylic acids is 3. The number of carbonyl (C=O) groups is 3. The molecule has 0 unspecified atom stereocenters. The number of aromatic nitrogens is 1. The van der Waals surface area contributed by atoms with E-state index in [1.54, 1.807) is 68.3 Å². The van der Waals surface area contributed by atoms with Gasteiger partial charge in [-0.2, -0.15) is 0 Å². The lowest BCUT2D eigenvalue weighted by atomic mass is 10.2. The number of hydrogen-bond acceptors (Lipinski definition) is 6. The van der Waals surface area contributed by atoms with E-state index in [0.29, 0.717) is 31.0 Å². The molecule has 0 spiro atoms. The van der Waals surface area contributed by atoms with Crippen LogP contribution in [0, 0.1) is 6.92 Å². The van der Waals surface area contributed by atoms with Gasteiger partial charge in [-0.1, -0.05) is 30.3 Å². The van der Waals surface area contributed by atoms with Crippen LogP contribution in [-0.2, 0) is 11.3 Å². The Bertz CT molecular complexity index is 1320. The molecule has 0 fully saturated rings. The first kappa shape index (κ1) is 30.1. The summed E-state index contributed by atoms with van der Waals surface area (Å²) in [7, 11) is 3.90. The summed E-state index contributed by atoms with van der Waals surface area (Å²) in [6.45, 7) is 8.80. The zero-order chi connectivity index (χ0) is 29.3. The van der Waals surface area contributed by atoms with Gasteiger partial charge in [0.05, 0.1) is 11.4 Å². The Hall–Kier alpha value is -4.44. The molecule has 0 saturated carbocycles. The number of ether oxygens (including phenoxy) is 1. The molecule has 3 N–H and O–H groups in total. The molecule has 10 heteroatoms. The molecule has 0 atom stereocenters. The standard InChI is InChI=1S/C30H38N6O4/c1-21-10-9-11-23(18-21)32-28(38)36(17-16-35(5)6)20-22-14-15-26(31-19-22)27(37)33-24-12-7-8-13-25(24)34-29(39)40-30(2,3)4/h7-15,18-19H,16-17,20H2,1-6H3,(H,32,38)(H,33,37)(H,34,39). The Balaban J connectivity index is 1.67. The van der Waals surface area contributed by atoms with Crippen molar-refractivity contribution in [2.45, 2.75) is 39.8 Å². The van der Waals surface area contributed by atoms with Gasteiger partial charge in [0.2, 0.25) is 0 Å². The minimum absolute atomic E-state index is 0.194. The molecule has 0 bridgehead atoms. The number of urea groups is 1. The van der Waals surface area contributed by atoms with Crippen LogP contribution in [0.3, 0.4) is 0 Å². The lowest BCUT2D eigenvalue weighted by Gasteiger charge is -2.25. The number of amides is 4. The van der Waals surface area contributed by atoms with E-state index in [1.165, 1.54) is 0 Å². The molecule has 2 aromatic carbocycles. The number of anilines is 3. The zero-order valence-electron chi connectivity index (χ0n) is 23.9. The van der Waals surface area contributed by atoms with E-state index in [-0.39, 0.29) is 11.7 Å². The first-order valence-corrected chi connectivity index (χ1v) is 13.0. The number of benzene rings is 2. The molecule has 0 saturated heterocycles. The fourth-order valence-corrected chi connectivity index (χ4v) is 3.67. The highest BCUT2D eigenvalue weighted by molar-refractivity contribution is 6.05. The van der Waals surface area contributed by atoms with Gasteiger partial charge >= 0.3 is 12.1 Å². The van der Waals surface area contributed by atoms with E-state index in [0.717, 1.165) is 16.8 Å². The van der Waals surface area contributed by atoms with Crippen molar-refractivity contribution in [1.29, 1.82) is 0 Å². The quantitative estimate of drug-likeness (QED) is 0.322. The molecule has 1 aromatic heterocycles. The van der Waals surface area contributed by atoms with E-state index in [9.17, 15) is 14.4 Å². The maximum absolute atomic E-state index is 13.1. The van der Waals surface area contributed by atoms with Crippen molar-refractivity contribution in [3.05, 3.63) is 83.7 Å². The normalized spacial score (nSPS) is 11.1. The van der Waals surface area contributed by atoms with Crippen LogP contribution in [0.5, 0.6) is 0 Å². The summed E-state index contributed by atoms with van der Waals surface area (Å²) >= 11 is 0. The van der Waals surface area contributed by atoms with Gasteiger partial charge in [-0.15, -0.1) is 0 Å². The van der Waals surface area contributed by atoms with Crippen molar-refractivity contribution < 1.29 is 19.1 Å². The third-order valence-corrected chi connectivity index (χ3v) is 5.62. The van der Waals surface area contributed by atoms with E-state index >= 15 is 0 Å². The summed E-state index contributed by atoms with van der Waals surface area (Å²) in [6.07, 6.45) is 0.962. The second kappa shape index (κ2) is 13.6. The number of para-hydroxylation sites is 2. The third kappa shape index (κ3) is 9.70.